The molecular formula is C9H16F2O2. The minimum absolute atomic E-state index is 0.114. The number of carbonyl (C=O) groups excluding carboxylic acids is 1. The first-order valence-electron chi connectivity index (χ1n) is 4.70. The van der Waals surface area contributed by atoms with E-state index in [-0.39, 0.29) is 6.42 Å². The van der Waals surface area contributed by atoms with Gasteiger partial charge in [0.25, 0.3) is 0 Å². The Bertz CT molecular complexity index is 151. The quantitative estimate of drug-likeness (QED) is 0.641. The first-order chi connectivity index (χ1) is 6.24. The number of alkyl halides is 1. The van der Waals surface area contributed by atoms with Crippen LogP contribution in [0.4, 0.5) is 8.92 Å². The van der Waals surface area contributed by atoms with Crippen molar-refractivity contribution in [2.75, 3.05) is 0 Å². The predicted molar refractivity (Wildman–Crippen MR) is 45.4 cm³/mol. The maximum absolute atomic E-state index is 12.6. The molecule has 0 aromatic heterocycles. The number of rotatable bonds is 1. The highest BCUT2D eigenvalue weighted by Gasteiger charge is 2.28. The van der Waals surface area contributed by atoms with Crippen LogP contribution in [0, 0.1) is 5.92 Å². The summed E-state index contributed by atoms with van der Waals surface area (Å²) in [5.41, 5.74) is 0. The maximum Gasteiger partial charge on any atom is 0.351 e. The molecule has 4 heteroatoms. The minimum atomic E-state index is -0.965. The highest BCUT2D eigenvalue weighted by atomic mass is 19.3. The van der Waals surface area contributed by atoms with Gasteiger partial charge in [-0.15, -0.1) is 0 Å². The Balaban J connectivity index is 0.000000671. The molecule has 1 rings (SSSR count). The van der Waals surface area contributed by atoms with Crippen LogP contribution in [0.5, 0.6) is 0 Å². The van der Waals surface area contributed by atoms with Crippen LogP contribution in [-0.2, 0) is 9.74 Å². The van der Waals surface area contributed by atoms with Crippen LogP contribution < -0.4 is 0 Å². The number of halogens is 2. The largest absolute Gasteiger partial charge is 0.351 e. The van der Waals surface area contributed by atoms with Gasteiger partial charge in [-0.05, 0) is 25.7 Å². The number of carbonyl (C=O) groups is 1. The molecule has 1 aliphatic rings. The smallest absolute Gasteiger partial charge is 0.255 e. The summed E-state index contributed by atoms with van der Waals surface area (Å²) in [6.07, 6.45) is 0.816. The zero-order valence-corrected chi connectivity index (χ0v) is 8.06. The molecule has 1 aliphatic carbocycles. The van der Waals surface area contributed by atoms with Crippen molar-refractivity contribution in [2.24, 2.45) is 5.92 Å². The van der Waals surface area contributed by atoms with Gasteiger partial charge >= 0.3 is 5.97 Å². The second-order valence-corrected chi connectivity index (χ2v) is 2.86. The average Bonchev–Trinajstić information content (AvgIpc) is 2.20. The second-order valence-electron chi connectivity index (χ2n) is 2.86. The molecule has 2 atom stereocenters. The summed E-state index contributed by atoms with van der Waals surface area (Å²) in [6, 6.07) is 0. The third-order valence-corrected chi connectivity index (χ3v) is 2.02. The Labute approximate surface area is 77.2 Å². The number of hydrogen-bond acceptors (Lipinski definition) is 2. The Hall–Kier alpha value is -0.670. The molecule has 0 spiro atoms. The highest BCUT2D eigenvalue weighted by Crippen LogP contribution is 2.27. The lowest BCUT2D eigenvalue weighted by atomic mass is 9.88. The van der Waals surface area contributed by atoms with Gasteiger partial charge in [0.1, 0.15) is 6.17 Å². The van der Waals surface area contributed by atoms with Crippen molar-refractivity contribution >= 4 is 5.97 Å². The van der Waals surface area contributed by atoms with Crippen LogP contribution in [-0.4, -0.2) is 12.1 Å². The van der Waals surface area contributed by atoms with Gasteiger partial charge in [0.05, 0.1) is 5.92 Å². The lowest BCUT2D eigenvalue weighted by Gasteiger charge is -2.20. The summed E-state index contributed by atoms with van der Waals surface area (Å²) in [5.74, 6) is -1.49. The van der Waals surface area contributed by atoms with Crippen LogP contribution in [0.3, 0.4) is 0 Å². The molecule has 0 radical (unpaired) electrons. The molecule has 0 aromatic rings. The third kappa shape index (κ3) is 4.20. The first-order valence-corrected chi connectivity index (χ1v) is 4.70. The van der Waals surface area contributed by atoms with Crippen molar-refractivity contribution in [3.63, 3.8) is 0 Å². The molecule has 0 bridgehead atoms. The molecule has 0 aliphatic heterocycles. The standard InChI is InChI=1S/C7H10F2O2.C2H6/c8-6-3-1-2-5(4-6)7(10)11-9;1-2/h5-6H,1-4H2;1-2H3. The van der Waals surface area contributed by atoms with Crippen molar-refractivity contribution in [1.29, 1.82) is 0 Å². The van der Waals surface area contributed by atoms with Gasteiger partial charge in [-0.25, -0.2) is 9.18 Å². The molecular weight excluding hydrogens is 178 g/mol. The summed E-state index contributed by atoms with van der Waals surface area (Å²) in [5, 5.41) is 0. The fraction of sp³-hybridized carbons (Fsp3) is 0.889. The minimum Gasteiger partial charge on any atom is -0.255 e. The van der Waals surface area contributed by atoms with Crippen molar-refractivity contribution in [2.45, 2.75) is 45.7 Å². The van der Waals surface area contributed by atoms with Crippen LogP contribution in [0.15, 0.2) is 0 Å². The van der Waals surface area contributed by atoms with Gasteiger partial charge in [-0.3, -0.25) is 4.94 Å². The van der Waals surface area contributed by atoms with Crippen LogP contribution in [0.1, 0.15) is 39.5 Å². The fourth-order valence-electron chi connectivity index (χ4n) is 1.41. The van der Waals surface area contributed by atoms with E-state index in [1.165, 1.54) is 0 Å². The van der Waals surface area contributed by atoms with E-state index in [9.17, 15) is 13.7 Å². The van der Waals surface area contributed by atoms with Crippen molar-refractivity contribution in [3.05, 3.63) is 0 Å². The summed E-state index contributed by atoms with van der Waals surface area (Å²) < 4.78 is 23.9. The monoisotopic (exact) mass is 194 g/mol. The van der Waals surface area contributed by atoms with E-state index in [0.717, 1.165) is 0 Å². The highest BCUT2D eigenvalue weighted by molar-refractivity contribution is 5.71. The molecule has 0 aromatic carbocycles. The molecule has 1 fully saturated rings. The van der Waals surface area contributed by atoms with E-state index in [1.54, 1.807) is 0 Å². The van der Waals surface area contributed by atoms with Crippen molar-refractivity contribution in [3.8, 4) is 0 Å². The summed E-state index contributed by atoms with van der Waals surface area (Å²) in [7, 11) is 0. The van der Waals surface area contributed by atoms with Gasteiger partial charge in [-0.1, -0.05) is 13.8 Å². The topological polar surface area (TPSA) is 26.3 Å². The lowest BCUT2D eigenvalue weighted by Crippen LogP contribution is -2.23. The van der Waals surface area contributed by atoms with Crippen LogP contribution in [0.2, 0.25) is 0 Å². The fourth-order valence-corrected chi connectivity index (χ4v) is 1.41. The summed E-state index contributed by atoms with van der Waals surface area (Å²) >= 11 is 0. The van der Waals surface area contributed by atoms with Crippen molar-refractivity contribution in [1.82, 2.24) is 0 Å². The van der Waals surface area contributed by atoms with Crippen LogP contribution >= 0.6 is 0 Å². The molecule has 2 unspecified atom stereocenters. The molecule has 0 amide bonds. The molecule has 78 valence electrons. The van der Waals surface area contributed by atoms with E-state index in [4.69, 9.17) is 0 Å². The van der Waals surface area contributed by atoms with Crippen molar-refractivity contribution < 1.29 is 18.7 Å². The first kappa shape index (κ1) is 12.3. The normalized spacial score (nSPS) is 27.1. The zero-order valence-electron chi connectivity index (χ0n) is 8.06. The van der Waals surface area contributed by atoms with E-state index in [1.807, 2.05) is 13.8 Å². The molecule has 13 heavy (non-hydrogen) atoms. The average molecular weight is 194 g/mol. The predicted octanol–water partition coefficient (Wildman–Crippen LogP) is 2.97. The Morgan fingerprint density at radius 1 is 1.38 bits per heavy atom. The van der Waals surface area contributed by atoms with Gasteiger partial charge in [0.15, 0.2) is 0 Å². The van der Waals surface area contributed by atoms with Gasteiger partial charge < -0.3 is 0 Å². The van der Waals surface area contributed by atoms with E-state index < -0.39 is 18.1 Å². The zero-order chi connectivity index (χ0) is 10.3. The van der Waals surface area contributed by atoms with Gasteiger partial charge in [0, 0.05) is 4.53 Å². The number of hydrogen-bond donors (Lipinski definition) is 0. The van der Waals surface area contributed by atoms with Gasteiger partial charge in [0.2, 0.25) is 0 Å². The second kappa shape index (κ2) is 6.80. The molecule has 0 saturated heterocycles. The summed E-state index contributed by atoms with van der Waals surface area (Å²) in [6.45, 7) is 4.00. The maximum atomic E-state index is 12.6. The van der Waals surface area contributed by atoms with Gasteiger partial charge in [-0.2, -0.15) is 0 Å². The molecule has 0 N–H and O–H groups in total. The van der Waals surface area contributed by atoms with E-state index in [0.29, 0.717) is 19.3 Å². The molecule has 2 nitrogen and oxygen atoms in total. The summed E-state index contributed by atoms with van der Waals surface area (Å²) in [4.78, 5) is 13.6. The Kier molecular flexibility index (Phi) is 6.45. The van der Waals surface area contributed by atoms with E-state index in [2.05, 4.69) is 4.94 Å². The Morgan fingerprint density at radius 3 is 2.46 bits per heavy atom. The SMILES string of the molecule is CC.O=C(OF)C1CCCC(F)C1. The van der Waals surface area contributed by atoms with E-state index >= 15 is 0 Å². The molecule has 0 heterocycles. The third-order valence-electron chi connectivity index (χ3n) is 2.02. The van der Waals surface area contributed by atoms with Crippen LogP contribution in [0.25, 0.3) is 0 Å². The molecule has 1 saturated carbocycles. The Morgan fingerprint density at radius 2 is 2.00 bits per heavy atom. The lowest BCUT2D eigenvalue weighted by molar-refractivity contribution is -0.190.